The summed E-state index contributed by atoms with van der Waals surface area (Å²) >= 11 is 2.25. The van der Waals surface area contributed by atoms with E-state index in [1.165, 1.54) is 10.5 Å². The van der Waals surface area contributed by atoms with E-state index in [0.717, 1.165) is 64.8 Å². The average molecular weight is 673 g/mol. The summed E-state index contributed by atoms with van der Waals surface area (Å²) in [4.78, 5) is 42.1. The van der Waals surface area contributed by atoms with Crippen molar-refractivity contribution in [2.75, 3.05) is 59.0 Å². The van der Waals surface area contributed by atoms with E-state index in [0.29, 0.717) is 17.9 Å². The van der Waals surface area contributed by atoms with Gasteiger partial charge in [0.05, 0.1) is 28.2 Å². The molecular weight excluding hydrogens is 631 g/mol. The highest BCUT2D eigenvalue weighted by molar-refractivity contribution is 14.1. The van der Waals surface area contributed by atoms with Crippen molar-refractivity contribution >= 4 is 40.4 Å². The van der Waals surface area contributed by atoms with Crippen molar-refractivity contribution in [2.24, 2.45) is 17.7 Å². The number of nitrogens with zero attached hydrogens (tertiary/aromatic N) is 3. The number of aliphatic carboxylic acids is 1. The van der Waals surface area contributed by atoms with E-state index in [2.05, 4.69) is 39.6 Å². The van der Waals surface area contributed by atoms with E-state index in [1.807, 2.05) is 13.0 Å². The van der Waals surface area contributed by atoms with Crippen molar-refractivity contribution in [1.82, 2.24) is 4.90 Å². The fourth-order valence-electron chi connectivity index (χ4n) is 7.00. The Labute approximate surface area is 248 Å². The zero-order valence-corrected chi connectivity index (χ0v) is 24.5. The number of carboxylic acids is 1. The summed E-state index contributed by atoms with van der Waals surface area (Å²) in [6.45, 7) is 11.0. The molecule has 5 aliphatic rings. The second-order valence-corrected chi connectivity index (χ2v) is 12.8. The first-order valence-electron chi connectivity index (χ1n) is 13.5. The maximum atomic E-state index is 12.6. The van der Waals surface area contributed by atoms with Gasteiger partial charge in [0, 0.05) is 17.9 Å². The normalized spacial score (nSPS) is 31.3. The van der Waals surface area contributed by atoms with Gasteiger partial charge in [0.1, 0.15) is 57.3 Å². The van der Waals surface area contributed by atoms with Gasteiger partial charge in [-0.15, -0.1) is 0 Å². The second-order valence-electron chi connectivity index (χ2n) is 11.6. The van der Waals surface area contributed by atoms with Crippen molar-refractivity contribution in [3.05, 3.63) is 38.6 Å². The molecule has 4 fully saturated rings. The summed E-state index contributed by atoms with van der Waals surface area (Å²) in [5.74, 6) is 3.10. The Kier molecular flexibility index (Phi) is 8.86. The molecule has 5 aliphatic heterocycles. The molecule has 4 N–H and O–H groups in total. The first kappa shape index (κ1) is 30.7. The lowest BCUT2D eigenvalue weighted by Crippen LogP contribution is -2.76. The third-order valence-electron chi connectivity index (χ3n) is 9.51. The number of quaternary nitrogens is 2. The predicted molar refractivity (Wildman–Crippen MR) is 154 cm³/mol. The highest BCUT2D eigenvalue weighted by atomic mass is 127. The molecule has 6 rings (SSSR count). The maximum absolute atomic E-state index is 12.6. The van der Waals surface area contributed by atoms with Gasteiger partial charge in [0.2, 0.25) is 5.91 Å². The van der Waals surface area contributed by atoms with Crippen LogP contribution in [0, 0.1) is 15.4 Å². The zero-order valence-electron chi connectivity index (χ0n) is 22.3. The molecule has 40 heavy (non-hydrogen) atoms. The summed E-state index contributed by atoms with van der Waals surface area (Å²) in [6, 6.07) is 5.76. The van der Waals surface area contributed by atoms with E-state index in [4.69, 9.17) is 10.6 Å². The Morgan fingerprint density at radius 1 is 1.18 bits per heavy atom. The highest BCUT2D eigenvalue weighted by Crippen LogP contribution is 2.47. The number of carbonyl (C=O) groups is 3. The number of halogens is 1. The van der Waals surface area contributed by atoms with Crippen LogP contribution in [-0.4, -0.2) is 113 Å². The fourth-order valence-corrected chi connectivity index (χ4v) is 7.74. The van der Waals surface area contributed by atoms with E-state index < -0.39 is 18.0 Å². The van der Waals surface area contributed by atoms with Crippen LogP contribution in [0.2, 0.25) is 0 Å². The van der Waals surface area contributed by atoms with Crippen LogP contribution in [0.25, 0.3) is 0 Å². The van der Waals surface area contributed by atoms with Crippen LogP contribution in [0.3, 0.4) is 0 Å². The van der Waals surface area contributed by atoms with Gasteiger partial charge in [0.15, 0.2) is 6.54 Å². The number of nitrogens with two attached hydrogens (primary N) is 1. The maximum Gasteiger partial charge on any atom is 0.380 e. The number of aliphatic hydroxyl groups excluding tert-OH is 1. The highest BCUT2D eigenvalue weighted by Gasteiger charge is 2.60. The van der Waals surface area contributed by atoms with Gasteiger partial charge in [-0.25, -0.2) is 9.59 Å². The van der Waals surface area contributed by atoms with E-state index in [-0.39, 0.29) is 43.6 Å². The van der Waals surface area contributed by atoms with Crippen LogP contribution in [-0.2, 0) is 25.6 Å². The monoisotopic (exact) mass is 672 g/mol. The number of fused-ring (bicyclic) bond motifs is 4. The first-order chi connectivity index (χ1) is 18.5. The number of β-lactam (4-membered cyclic amide) rings is 1. The van der Waals surface area contributed by atoms with Gasteiger partial charge < -0.3 is 33.7 Å². The fraction of sp³-hybridized carbons (Fsp3) is 0.607. The number of aliphatic hydroxyl groups is 1. The Balaban J connectivity index is 0.00000370. The topological polar surface area (TPSA) is 139 Å². The Morgan fingerprint density at radius 2 is 1.80 bits per heavy atom. The van der Waals surface area contributed by atoms with Gasteiger partial charge in [-0.3, -0.25) is 4.79 Å². The van der Waals surface area contributed by atoms with Crippen LogP contribution >= 0.6 is 22.6 Å². The molecule has 3 unspecified atom stereocenters. The summed E-state index contributed by atoms with van der Waals surface area (Å²) in [5, 5.41) is 19.9. The molecule has 0 saturated carbocycles. The number of rotatable bonds is 10. The summed E-state index contributed by atoms with van der Waals surface area (Å²) in [6.07, 6.45) is 0.105. The molecule has 0 aromatic heterocycles. The van der Waals surface area contributed by atoms with Crippen LogP contribution in [0.5, 0.6) is 5.75 Å². The molecule has 220 valence electrons. The molecule has 12 heteroatoms. The number of carboxylic acid groups (broad SMARTS) is 1. The molecule has 0 radical (unpaired) electrons. The minimum absolute atomic E-state index is 0. The SMILES string of the molecule is C.CC(O)C1C(=O)N2C(C(=O)O)=C(COc3ccc(CC[N+]45CC[N+](CC(=O)ON)(CC4)CC5)cc3I)[C@H](C)C12. The lowest BCUT2D eigenvalue weighted by molar-refractivity contribution is -1.08. The number of piperazine rings is 3. The Bertz CT molecular complexity index is 1190. The van der Waals surface area contributed by atoms with Crippen LogP contribution in [0.4, 0.5) is 0 Å². The second kappa shape index (κ2) is 11.6. The van der Waals surface area contributed by atoms with Crippen LogP contribution < -0.4 is 10.6 Å². The number of amides is 1. The van der Waals surface area contributed by atoms with Gasteiger partial charge >= 0.3 is 11.9 Å². The van der Waals surface area contributed by atoms with Gasteiger partial charge in [-0.05, 0) is 47.2 Å². The molecule has 0 spiro atoms. The minimum Gasteiger partial charge on any atom is -0.488 e. The van der Waals surface area contributed by atoms with Gasteiger partial charge in [-0.1, -0.05) is 20.4 Å². The van der Waals surface area contributed by atoms with Crippen molar-refractivity contribution in [3.63, 3.8) is 0 Å². The molecular formula is C28H41IN4O7+2. The molecule has 1 aromatic rings. The molecule has 1 aromatic carbocycles. The number of ether oxygens (including phenoxy) is 1. The largest absolute Gasteiger partial charge is 0.488 e. The van der Waals surface area contributed by atoms with Crippen molar-refractivity contribution in [2.45, 2.75) is 39.8 Å². The molecule has 1 amide bonds. The molecule has 5 heterocycles. The zero-order chi connectivity index (χ0) is 28.1. The Hall–Kier alpha value is -2.26. The molecule has 11 nitrogen and oxygen atoms in total. The smallest absolute Gasteiger partial charge is 0.380 e. The van der Waals surface area contributed by atoms with Crippen LogP contribution in [0.1, 0.15) is 26.8 Å². The molecule has 2 bridgehead atoms. The minimum atomic E-state index is -1.15. The van der Waals surface area contributed by atoms with E-state index >= 15 is 0 Å². The van der Waals surface area contributed by atoms with E-state index in [1.54, 1.807) is 6.92 Å². The lowest BCUT2D eigenvalue weighted by Gasteiger charge is -2.55. The van der Waals surface area contributed by atoms with Crippen molar-refractivity contribution < 1.29 is 43.1 Å². The average Bonchev–Trinajstić information content (AvgIpc) is 3.15. The van der Waals surface area contributed by atoms with Crippen LogP contribution in [0.15, 0.2) is 29.5 Å². The number of hydrogen-bond donors (Lipinski definition) is 3. The van der Waals surface area contributed by atoms with E-state index in [9.17, 15) is 24.6 Å². The van der Waals surface area contributed by atoms with Crippen molar-refractivity contribution in [1.29, 1.82) is 0 Å². The quantitative estimate of drug-likeness (QED) is 0.146. The molecule has 0 aliphatic carbocycles. The lowest BCUT2D eigenvalue weighted by atomic mass is 9.78. The predicted octanol–water partition coefficient (Wildman–Crippen LogP) is 1.12. The Morgan fingerprint density at radius 3 is 2.35 bits per heavy atom. The number of carbonyl (C=O) groups excluding carboxylic acids is 2. The van der Waals surface area contributed by atoms with Crippen molar-refractivity contribution in [3.8, 4) is 5.75 Å². The third kappa shape index (κ3) is 5.36. The summed E-state index contributed by atoms with van der Waals surface area (Å²) in [7, 11) is 0. The number of hydrogen-bond acceptors (Lipinski definition) is 7. The standard InChI is InChI=1S/C27H36IN4O7.CH4/c1-16-19(25(27(36)37)30-24(16)23(17(2)33)26(30)35)15-38-21-4-3-18(13-20(21)28)5-6-31-7-10-32(11-8-31,12-9-31)14-22(34)39-29;/h3-4,13,16-17,23-24,33H,5-12,14-15,29H2,1-2H3;1H4/q+1;/p+1/t16-,17?,23?,24?,31?,32?;/m0./s1. The molecule has 4 atom stereocenters. The summed E-state index contributed by atoms with van der Waals surface area (Å²) < 4.78 is 8.89. The summed E-state index contributed by atoms with van der Waals surface area (Å²) in [5.41, 5.74) is 1.78. The van der Waals surface area contributed by atoms with Gasteiger partial charge in [-0.2, -0.15) is 5.90 Å². The first-order valence-corrected chi connectivity index (χ1v) is 14.6. The van der Waals surface area contributed by atoms with Gasteiger partial charge in [0.25, 0.3) is 0 Å². The third-order valence-corrected chi connectivity index (χ3v) is 10.4. The number of benzene rings is 1. The molecule has 4 saturated heterocycles.